The predicted molar refractivity (Wildman–Crippen MR) is 143 cm³/mol. The van der Waals surface area contributed by atoms with E-state index in [9.17, 15) is 0 Å². The van der Waals surface area contributed by atoms with Gasteiger partial charge in [0.05, 0.1) is 23.4 Å². The Balaban J connectivity index is 0.000000672. The van der Waals surface area contributed by atoms with Crippen molar-refractivity contribution in [1.29, 1.82) is 0 Å². The Bertz CT molecular complexity index is 953. The zero-order valence-corrected chi connectivity index (χ0v) is 21.7. The van der Waals surface area contributed by atoms with Gasteiger partial charge in [0.2, 0.25) is 0 Å². The first kappa shape index (κ1) is 26.3. The highest BCUT2D eigenvalue weighted by Gasteiger charge is 2.31. The molecule has 1 aliphatic heterocycles. The number of benzene rings is 2. The number of para-hydroxylation sites is 1. The second-order valence-electron chi connectivity index (χ2n) is 9.79. The van der Waals surface area contributed by atoms with Gasteiger partial charge in [-0.25, -0.2) is 0 Å². The van der Waals surface area contributed by atoms with Gasteiger partial charge in [-0.1, -0.05) is 41.4 Å². The Hall–Kier alpha value is -1.79. The summed E-state index contributed by atoms with van der Waals surface area (Å²) in [6.45, 7) is 2.04. The molecule has 0 bridgehead atoms. The summed E-state index contributed by atoms with van der Waals surface area (Å²) in [4.78, 5) is 11.7. The number of hydrogen-bond acceptors (Lipinski definition) is 5. The molecule has 1 heterocycles. The van der Waals surface area contributed by atoms with Gasteiger partial charge < -0.3 is 24.9 Å². The number of nitrogens with one attached hydrogen (secondary N) is 1. The van der Waals surface area contributed by atoms with Crippen LogP contribution in [0.4, 0.5) is 5.69 Å². The lowest BCUT2D eigenvalue weighted by molar-refractivity contribution is -0.110. The van der Waals surface area contributed by atoms with Crippen molar-refractivity contribution in [3.05, 3.63) is 58.1 Å². The third kappa shape index (κ3) is 7.60. The van der Waals surface area contributed by atoms with Crippen molar-refractivity contribution in [2.75, 3.05) is 25.0 Å². The van der Waals surface area contributed by atoms with Gasteiger partial charge in [-0.3, -0.25) is 0 Å². The zero-order valence-electron chi connectivity index (χ0n) is 20.2. The van der Waals surface area contributed by atoms with Gasteiger partial charge in [0.15, 0.2) is 0 Å². The summed E-state index contributed by atoms with van der Waals surface area (Å²) in [5.74, 6) is 1.77. The van der Waals surface area contributed by atoms with Crippen LogP contribution in [0, 0.1) is 0 Å². The number of nitrogens with zero attached hydrogens (tertiary/aromatic N) is 1. The van der Waals surface area contributed by atoms with Gasteiger partial charge in [-0.05, 0) is 100 Å². The SMILES string of the molecule is Clc1ccc(NC2CCC(N3CCC(c4ccccc4OC4CC4)CC3)CC2)c(Cl)c1.O=CCO. The number of aliphatic hydroxyl groups excluding tert-OH is 1. The molecule has 190 valence electrons. The molecule has 0 radical (unpaired) electrons. The fourth-order valence-electron chi connectivity index (χ4n) is 5.28. The molecule has 7 heteroatoms. The number of halogens is 2. The zero-order chi connectivity index (χ0) is 24.6. The van der Waals surface area contributed by atoms with Crippen molar-refractivity contribution in [2.45, 2.75) is 75.5 Å². The number of aldehydes is 1. The summed E-state index contributed by atoms with van der Waals surface area (Å²) in [7, 11) is 0. The largest absolute Gasteiger partial charge is 0.490 e. The molecule has 0 atom stereocenters. The van der Waals surface area contributed by atoms with Crippen LogP contribution in [0.5, 0.6) is 5.75 Å². The van der Waals surface area contributed by atoms with E-state index >= 15 is 0 Å². The Kier molecular flexibility index (Phi) is 9.73. The Morgan fingerprint density at radius 1 is 0.971 bits per heavy atom. The van der Waals surface area contributed by atoms with Crippen LogP contribution < -0.4 is 10.1 Å². The van der Waals surface area contributed by atoms with Crippen LogP contribution in [-0.4, -0.2) is 54.2 Å². The molecular weight excluding hydrogens is 483 g/mol. The summed E-state index contributed by atoms with van der Waals surface area (Å²) in [6.07, 6.45) is 10.7. The van der Waals surface area contributed by atoms with E-state index in [0.717, 1.165) is 17.5 Å². The van der Waals surface area contributed by atoms with Crippen molar-refractivity contribution in [3.63, 3.8) is 0 Å². The number of carbonyl (C=O) groups is 1. The maximum atomic E-state index is 8.92. The minimum absolute atomic E-state index is 0.361. The van der Waals surface area contributed by atoms with Crippen LogP contribution in [0.2, 0.25) is 10.0 Å². The predicted octanol–water partition coefficient (Wildman–Crippen LogP) is 6.31. The number of anilines is 1. The molecule has 3 fully saturated rings. The second-order valence-corrected chi connectivity index (χ2v) is 10.6. The van der Waals surface area contributed by atoms with E-state index in [2.05, 4.69) is 34.5 Å². The minimum Gasteiger partial charge on any atom is -0.490 e. The van der Waals surface area contributed by atoms with Crippen molar-refractivity contribution in [3.8, 4) is 5.75 Å². The topological polar surface area (TPSA) is 61.8 Å². The van der Waals surface area contributed by atoms with Crippen LogP contribution in [0.25, 0.3) is 0 Å². The van der Waals surface area contributed by atoms with E-state index in [1.807, 2.05) is 18.2 Å². The average Bonchev–Trinajstić information content (AvgIpc) is 3.71. The fourth-order valence-corrected chi connectivity index (χ4v) is 5.74. The van der Waals surface area contributed by atoms with Crippen LogP contribution in [0.3, 0.4) is 0 Å². The first-order valence-corrected chi connectivity index (χ1v) is 13.6. The standard InChI is InChI=1S/C26H32Cl2N2O.C2H4O2/c27-19-5-12-25(24(28)17-19)29-20-6-8-21(9-7-20)30-15-13-18(14-16-30)23-3-1-2-4-26(23)31-22-10-11-22;3-1-2-4/h1-5,12,17-18,20-22,29H,6-11,13-16H2;1,4H,2H2. The molecule has 2 aliphatic carbocycles. The van der Waals surface area contributed by atoms with Gasteiger partial charge in [0, 0.05) is 17.1 Å². The fraction of sp³-hybridized carbons (Fsp3) is 0.536. The summed E-state index contributed by atoms with van der Waals surface area (Å²) < 4.78 is 6.19. The van der Waals surface area contributed by atoms with Crippen LogP contribution in [0.15, 0.2) is 42.5 Å². The number of aliphatic hydroxyl groups is 1. The molecule has 0 aromatic heterocycles. The highest BCUT2D eigenvalue weighted by molar-refractivity contribution is 6.36. The maximum Gasteiger partial charge on any atom is 0.145 e. The highest BCUT2D eigenvalue weighted by Crippen LogP contribution is 2.38. The second kappa shape index (κ2) is 13.0. The number of piperidine rings is 1. The van der Waals surface area contributed by atoms with Gasteiger partial charge in [-0.15, -0.1) is 0 Å². The summed E-state index contributed by atoms with van der Waals surface area (Å²) in [5, 5.41) is 12.5. The van der Waals surface area contributed by atoms with E-state index in [-0.39, 0.29) is 6.61 Å². The molecule has 2 aromatic rings. The molecule has 1 saturated heterocycles. The first-order chi connectivity index (χ1) is 17.1. The van der Waals surface area contributed by atoms with Gasteiger partial charge in [-0.2, -0.15) is 0 Å². The average molecular weight is 520 g/mol. The van der Waals surface area contributed by atoms with Gasteiger partial charge in [0.1, 0.15) is 12.0 Å². The van der Waals surface area contributed by atoms with E-state index in [4.69, 9.17) is 37.8 Å². The third-order valence-electron chi connectivity index (χ3n) is 7.28. The normalized spacial score (nSPS) is 23.2. The summed E-state index contributed by atoms with van der Waals surface area (Å²) in [6, 6.07) is 15.7. The molecule has 0 spiro atoms. The molecule has 5 nitrogen and oxygen atoms in total. The Morgan fingerprint density at radius 2 is 1.66 bits per heavy atom. The molecule has 2 aromatic carbocycles. The number of ether oxygens (including phenoxy) is 1. The van der Waals surface area contributed by atoms with Crippen LogP contribution in [0.1, 0.15) is 62.8 Å². The molecular formula is C28H36Cl2N2O3. The lowest BCUT2D eigenvalue weighted by atomic mass is 9.85. The summed E-state index contributed by atoms with van der Waals surface area (Å²) in [5.41, 5.74) is 2.43. The van der Waals surface area contributed by atoms with Gasteiger partial charge >= 0.3 is 0 Å². The van der Waals surface area contributed by atoms with E-state index in [1.54, 1.807) is 0 Å². The van der Waals surface area contributed by atoms with Gasteiger partial charge in [0.25, 0.3) is 0 Å². The number of likely N-dealkylation sites (tertiary alicyclic amines) is 1. The van der Waals surface area contributed by atoms with Crippen LogP contribution >= 0.6 is 23.2 Å². The smallest absolute Gasteiger partial charge is 0.145 e. The number of hydrogen-bond donors (Lipinski definition) is 2. The lowest BCUT2D eigenvalue weighted by Gasteiger charge is -2.41. The molecule has 2 saturated carbocycles. The van der Waals surface area contributed by atoms with Crippen molar-refractivity contribution in [1.82, 2.24) is 4.90 Å². The van der Waals surface area contributed by atoms with E-state index in [1.165, 1.54) is 70.0 Å². The molecule has 0 amide bonds. The molecule has 5 rings (SSSR count). The highest BCUT2D eigenvalue weighted by atomic mass is 35.5. The Morgan fingerprint density at radius 3 is 2.29 bits per heavy atom. The van der Waals surface area contributed by atoms with E-state index in [0.29, 0.717) is 34.4 Å². The third-order valence-corrected chi connectivity index (χ3v) is 7.83. The lowest BCUT2D eigenvalue weighted by Crippen LogP contribution is -2.44. The molecule has 35 heavy (non-hydrogen) atoms. The monoisotopic (exact) mass is 518 g/mol. The number of carbonyl (C=O) groups excluding carboxylic acids is 1. The molecule has 2 N–H and O–H groups in total. The summed E-state index contributed by atoms with van der Waals surface area (Å²) >= 11 is 12.4. The number of rotatable bonds is 7. The molecule has 0 unspecified atom stereocenters. The quantitative estimate of drug-likeness (QED) is 0.420. The molecule has 3 aliphatic rings. The van der Waals surface area contributed by atoms with Crippen molar-refractivity contribution in [2.24, 2.45) is 0 Å². The minimum atomic E-state index is -0.361. The van der Waals surface area contributed by atoms with Crippen LogP contribution in [-0.2, 0) is 4.79 Å². The van der Waals surface area contributed by atoms with Crippen molar-refractivity contribution < 1.29 is 14.6 Å². The van der Waals surface area contributed by atoms with Crippen molar-refractivity contribution >= 4 is 35.2 Å². The Labute approximate surface area is 218 Å². The maximum absolute atomic E-state index is 8.92. The first-order valence-electron chi connectivity index (χ1n) is 12.8. The van der Waals surface area contributed by atoms with E-state index < -0.39 is 0 Å².